The number of hydrogen-bond acceptors (Lipinski definition) is 14. The van der Waals surface area contributed by atoms with E-state index in [1.54, 1.807) is 7.11 Å². The number of methoxy groups -OCH3 is 1. The molecule has 0 heterocycles. The second-order valence-corrected chi connectivity index (χ2v) is 14.7. The predicted octanol–water partition coefficient (Wildman–Crippen LogP) is 1.30. The highest BCUT2D eigenvalue weighted by Crippen LogP contribution is 2.10. The van der Waals surface area contributed by atoms with E-state index in [1.807, 2.05) is 41.5 Å². The van der Waals surface area contributed by atoms with Crippen LogP contribution in [0.2, 0.25) is 0 Å². The quantitative estimate of drug-likeness (QED) is 0.0478. The van der Waals surface area contributed by atoms with Crippen molar-refractivity contribution in [2.75, 3.05) is 119 Å². The molecule has 3 atom stereocenters. The SMILES string of the molecule is C=C(CCOCCOCCOCCOCCOCCOCCOCCOC)NC[C@H](NC(C)C)C(=O)N[C@H](C(=O)N[C@@H](CCCNC(N)=O)C(=O)CC(C)C)C(C)C. The van der Waals surface area contributed by atoms with Crippen LogP contribution in [0.3, 0.4) is 0 Å². The molecule has 0 unspecified atom stereocenters. The average Bonchev–Trinajstić information content (AvgIpc) is 3.16. The Morgan fingerprint density at radius 3 is 1.48 bits per heavy atom. The van der Waals surface area contributed by atoms with Crippen LogP contribution in [0.25, 0.3) is 0 Å². The molecule has 0 fully saturated rings. The van der Waals surface area contributed by atoms with Crippen LogP contribution in [0.5, 0.6) is 0 Å². The molecular weight excluding hydrogens is 756 g/mol. The van der Waals surface area contributed by atoms with Crippen LogP contribution in [0, 0.1) is 11.8 Å². The molecule has 0 aromatic rings. The minimum Gasteiger partial charge on any atom is -0.387 e. The molecule has 18 nitrogen and oxygen atoms in total. The molecule has 0 saturated carbocycles. The summed E-state index contributed by atoms with van der Waals surface area (Å²) in [4.78, 5) is 51.0. The number of ether oxygens (including phenoxy) is 8. The highest BCUT2D eigenvalue weighted by atomic mass is 16.6. The molecule has 0 spiro atoms. The molecule has 0 aliphatic carbocycles. The van der Waals surface area contributed by atoms with Crippen molar-refractivity contribution in [2.24, 2.45) is 17.6 Å². The maximum absolute atomic E-state index is 13.5. The van der Waals surface area contributed by atoms with Gasteiger partial charge in [-0.1, -0.05) is 48.1 Å². The van der Waals surface area contributed by atoms with Crippen molar-refractivity contribution in [1.29, 1.82) is 0 Å². The van der Waals surface area contributed by atoms with Crippen LogP contribution in [-0.2, 0) is 52.3 Å². The van der Waals surface area contributed by atoms with E-state index in [0.717, 1.165) is 0 Å². The second kappa shape index (κ2) is 37.1. The van der Waals surface area contributed by atoms with Gasteiger partial charge in [-0.25, -0.2) is 4.79 Å². The lowest BCUT2D eigenvalue weighted by Crippen LogP contribution is -2.59. The van der Waals surface area contributed by atoms with Crippen LogP contribution in [0.1, 0.15) is 67.2 Å². The van der Waals surface area contributed by atoms with Gasteiger partial charge in [0, 0.05) is 44.8 Å². The van der Waals surface area contributed by atoms with Crippen molar-refractivity contribution < 1.29 is 57.1 Å². The van der Waals surface area contributed by atoms with Gasteiger partial charge >= 0.3 is 6.03 Å². The summed E-state index contributed by atoms with van der Waals surface area (Å²) < 4.78 is 43.3. The smallest absolute Gasteiger partial charge is 0.312 e. The summed E-state index contributed by atoms with van der Waals surface area (Å²) >= 11 is 0. The molecule has 18 heteroatoms. The molecular formula is C40H78N6O12. The summed E-state index contributed by atoms with van der Waals surface area (Å²) in [6.45, 7) is 23.2. The number of ketones is 1. The molecule has 0 rings (SSSR count). The Morgan fingerprint density at radius 1 is 0.603 bits per heavy atom. The number of primary amides is 1. The zero-order chi connectivity index (χ0) is 43.4. The molecule has 340 valence electrons. The van der Waals surface area contributed by atoms with Gasteiger partial charge in [0.15, 0.2) is 5.78 Å². The fourth-order valence-corrected chi connectivity index (χ4v) is 5.15. The van der Waals surface area contributed by atoms with Crippen molar-refractivity contribution in [2.45, 2.75) is 91.4 Å². The molecule has 0 aromatic heterocycles. The maximum Gasteiger partial charge on any atom is 0.312 e. The van der Waals surface area contributed by atoms with E-state index in [1.165, 1.54) is 0 Å². The lowest BCUT2D eigenvalue weighted by Gasteiger charge is -2.28. The molecule has 0 saturated heterocycles. The summed E-state index contributed by atoms with van der Waals surface area (Å²) in [6, 6.07) is -2.97. The Labute approximate surface area is 347 Å². The van der Waals surface area contributed by atoms with Gasteiger partial charge in [0.1, 0.15) is 12.1 Å². The number of carbonyl (C=O) groups excluding carboxylic acids is 4. The Bertz CT molecular complexity index is 1080. The van der Waals surface area contributed by atoms with Gasteiger partial charge in [-0.3, -0.25) is 14.4 Å². The monoisotopic (exact) mass is 835 g/mol. The van der Waals surface area contributed by atoms with Gasteiger partial charge in [-0.2, -0.15) is 0 Å². The summed E-state index contributed by atoms with van der Waals surface area (Å²) in [6.07, 6.45) is 1.59. The molecule has 0 aromatic carbocycles. The van der Waals surface area contributed by atoms with Crippen LogP contribution < -0.4 is 32.3 Å². The fraction of sp³-hybridized carbons (Fsp3) is 0.850. The van der Waals surface area contributed by atoms with E-state index < -0.39 is 30.1 Å². The standard InChI is InChI=1S/C40H78N6O12/c1-30(2)28-36(47)34(10-9-12-42-40(41)50)45-39(49)37(31(3)4)46-38(48)35(44-32(5)6)29-43-33(7)11-13-52-16-17-54-20-21-56-24-25-58-27-26-57-23-22-55-19-18-53-15-14-51-8/h30-32,34-35,37,43-44H,7,9-29H2,1-6,8H3,(H,45,49)(H,46,48)(H3,41,42,50)/t34-,35-,37-/m0/s1. The topological polar surface area (TPSA) is 228 Å². The number of amides is 4. The lowest BCUT2D eigenvalue weighted by atomic mass is 9.96. The highest BCUT2D eigenvalue weighted by molar-refractivity contribution is 5.94. The highest BCUT2D eigenvalue weighted by Gasteiger charge is 2.31. The van der Waals surface area contributed by atoms with Crippen LogP contribution in [-0.4, -0.2) is 167 Å². The van der Waals surface area contributed by atoms with E-state index >= 15 is 0 Å². The van der Waals surface area contributed by atoms with E-state index in [4.69, 9.17) is 43.6 Å². The van der Waals surface area contributed by atoms with E-state index in [-0.39, 0.29) is 42.7 Å². The van der Waals surface area contributed by atoms with Crippen molar-refractivity contribution >= 4 is 23.6 Å². The lowest BCUT2D eigenvalue weighted by molar-refractivity contribution is -0.133. The number of nitrogens with one attached hydrogen (secondary N) is 5. The van der Waals surface area contributed by atoms with Crippen LogP contribution >= 0.6 is 0 Å². The first kappa shape index (κ1) is 55.1. The van der Waals surface area contributed by atoms with Gasteiger partial charge in [-0.15, -0.1) is 0 Å². The first-order valence-corrected chi connectivity index (χ1v) is 20.7. The Morgan fingerprint density at radius 2 is 1.07 bits per heavy atom. The zero-order valence-electron chi connectivity index (χ0n) is 36.5. The van der Waals surface area contributed by atoms with Crippen molar-refractivity contribution in [3.8, 4) is 0 Å². The molecule has 7 N–H and O–H groups in total. The third-order valence-electron chi connectivity index (χ3n) is 8.15. The van der Waals surface area contributed by atoms with Gasteiger partial charge in [-0.05, 0) is 24.7 Å². The normalized spacial score (nSPS) is 13.1. The van der Waals surface area contributed by atoms with Gasteiger partial charge < -0.3 is 70.2 Å². The Hall–Kier alpha value is -2.94. The summed E-state index contributed by atoms with van der Waals surface area (Å²) in [5.74, 6) is -1.06. The first-order valence-electron chi connectivity index (χ1n) is 20.7. The number of nitrogens with two attached hydrogens (primary N) is 1. The molecule has 4 amide bonds. The number of hydrogen-bond donors (Lipinski definition) is 6. The number of urea groups is 1. The number of Topliss-reactive ketones (excluding diaryl/α,β-unsaturated/α-hetero) is 1. The van der Waals surface area contributed by atoms with Gasteiger partial charge in [0.2, 0.25) is 11.8 Å². The largest absolute Gasteiger partial charge is 0.387 e. The Balaban J connectivity index is 4.34. The zero-order valence-corrected chi connectivity index (χ0v) is 36.5. The molecule has 58 heavy (non-hydrogen) atoms. The van der Waals surface area contributed by atoms with E-state index in [2.05, 4.69) is 33.2 Å². The van der Waals surface area contributed by atoms with Crippen molar-refractivity contribution in [3.05, 3.63) is 12.3 Å². The predicted molar refractivity (Wildman–Crippen MR) is 221 cm³/mol. The van der Waals surface area contributed by atoms with E-state index in [9.17, 15) is 19.2 Å². The van der Waals surface area contributed by atoms with Crippen molar-refractivity contribution in [1.82, 2.24) is 26.6 Å². The third-order valence-corrected chi connectivity index (χ3v) is 8.15. The van der Waals surface area contributed by atoms with Gasteiger partial charge in [0.25, 0.3) is 0 Å². The Kier molecular flexibility index (Phi) is 35.2. The summed E-state index contributed by atoms with van der Waals surface area (Å²) in [5, 5.41) is 14.7. The summed E-state index contributed by atoms with van der Waals surface area (Å²) in [5.41, 5.74) is 5.85. The van der Waals surface area contributed by atoms with Crippen LogP contribution in [0.15, 0.2) is 12.3 Å². The second-order valence-electron chi connectivity index (χ2n) is 14.7. The maximum atomic E-state index is 13.5. The van der Waals surface area contributed by atoms with Gasteiger partial charge in [0.05, 0.1) is 105 Å². The number of rotatable bonds is 41. The molecule has 0 radical (unpaired) electrons. The molecule has 0 aliphatic heterocycles. The third kappa shape index (κ3) is 33.0. The van der Waals surface area contributed by atoms with E-state index in [0.29, 0.717) is 130 Å². The molecule has 0 aliphatic rings. The average molecular weight is 835 g/mol. The summed E-state index contributed by atoms with van der Waals surface area (Å²) in [7, 11) is 1.64. The minimum absolute atomic E-state index is 0.0173. The minimum atomic E-state index is -0.877. The molecule has 0 bridgehead atoms. The van der Waals surface area contributed by atoms with Crippen molar-refractivity contribution in [3.63, 3.8) is 0 Å². The van der Waals surface area contributed by atoms with Crippen LogP contribution in [0.4, 0.5) is 4.79 Å². The fourth-order valence-electron chi connectivity index (χ4n) is 5.15. The number of carbonyl (C=O) groups is 4. The first-order chi connectivity index (χ1) is 27.8.